The summed E-state index contributed by atoms with van der Waals surface area (Å²) in [6, 6.07) is 0.0763. The average Bonchev–Trinajstić information content (AvgIpc) is 3.27. The molecule has 2 amide bonds. The SMILES string of the molecule is CC1CN(C2CCN(C(=O)Cn3cnc4c3c(=O)n(C)c(=O)n4C)CC2)C(=O)O1. The van der Waals surface area contributed by atoms with Gasteiger partial charge in [-0.25, -0.2) is 14.6 Å². The molecule has 29 heavy (non-hydrogen) atoms. The number of nitrogens with zero attached hydrogens (tertiary/aromatic N) is 6. The lowest BCUT2D eigenvalue weighted by Gasteiger charge is -2.35. The van der Waals surface area contributed by atoms with Gasteiger partial charge in [-0.15, -0.1) is 0 Å². The van der Waals surface area contributed by atoms with Crippen LogP contribution in [0.5, 0.6) is 0 Å². The smallest absolute Gasteiger partial charge is 0.410 e. The lowest BCUT2D eigenvalue weighted by atomic mass is 10.0. The zero-order valence-corrected chi connectivity index (χ0v) is 16.7. The van der Waals surface area contributed by atoms with Crippen molar-refractivity contribution in [2.45, 2.75) is 38.5 Å². The van der Waals surface area contributed by atoms with Crippen LogP contribution in [0.4, 0.5) is 4.79 Å². The van der Waals surface area contributed by atoms with Crippen molar-refractivity contribution >= 4 is 23.2 Å². The van der Waals surface area contributed by atoms with Gasteiger partial charge in [0.15, 0.2) is 11.2 Å². The summed E-state index contributed by atoms with van der Waals surface area (Å²) in [5.74, 6) is -0.129. The van der Waals surface area contributed by atoms with E-state index in [2.05, 4.69) is 4.98 Å². The van der Waals surface area contributed by atoms with E-state index >= 15 is 0 Å². The molecule has 2 fully saturated rings. The van der Waals surface area contributed by atoms with Gasteiger partial charge in [0, 0.05) is 33.2 Å². The molecular formula is C18H24N6O5. The molecule has 4 heterocycles. The number of piperidine rings is 1. The summed E-state index contributed by atoms with van der Waals surface area (Å²) < 4.78 is 8.98. The van der Waals surface area contributed by atoms with E-state index in [4.69, 9.17) is 4.74 Å². The molecule has 2 aromatic rings. The molecule has 156 valence electrons. The van der Waals surface area contributed by atoms with E-state index in [1.165, 1.54) is 29.6 Å². The molecule has 0 spiro atoms. The quantitative estimate of drug-likeness (QED) is 0.667. The van der Waals surface area contributed by atoms with E-state index in [9.17, 15) is 19.2 Å². The van der Waals surface area contributed by atoms with Crippen LogP contribution in [0.3, 0.4) is 0 Å². The van der Waals surface area contributed by atoms with Crippen LogP contribution in [0, 0.1) is 0 Å². The lowest BCUT2D eigenvalue weighted by molar-refractivity contribution is -0.133. The van der Waals surface area contributed by atoms with Crippen molar-refractivity contribution < 1.29 is 14.3 Å². The molecule has 0 saturated carbocycles. The Labute approximate surface area is 166 Å². The highest BCUT2D eigenvalue weighted by Gasteiger charge is 2.36. The summed E-state index contributed by atoms with van der Waals surface area (Å²) in [6.45, 7) is 3.49. The van der Waals surface area contributed by atoms with E-state index in [0.29, 0.717) is 32.5 Å². The molecule has 0 aliphatic carbocycles. The number of rotatable bonds is 3. The Kier molecular flexibility index (Phi) is 4.67. The third kappa shape index (κ3) is 3.19. The molecule has 0 bridgehead atoms. The normalized spacial score (nSPS) is 20.5. The van der Waals surface area contributed by atoms with Crippen LogP contribution in [0.1, 0.15) is 19.8 Å². The summed E-state index contributed by atoms with van der Waals surface area (Å²) in [5.41, 5.74) is -0.456. The summed E-state index contributed by atoms with van der Waals surface area (Å²) in [5, 5.41) is 0. The predicted octanol–water partition coefficient (Wildman–Crippen LogP) is -0.735. The Morgan fingerprint density at radius 1 is 1.17 bits per heavy atom. The summed E-state index contributed by atoms with van der Waals surface area (Å²) in [6.07, 6.45) is 2.41. The van der Waals surface area contributed by atoms with Gasteiger partial charge < -0.3 is 19.1 Å². The third-order valence-electron chi connectivity index (χ3n) is 5.77. The maximum absolute atomic E-state index is 12.8. The van der Waals surface area contributed by atoms with E-state index in [0.717, 1.165) is 4.57 Å². The van der Waals surface area contributed by atoms with Gasteiger partial charge in [-0.2, -0.15) is 0 Å². The maximum atomic E-state index is 12.8. The van der Waals surface area contributed by atoms with Crippen molar-refractivity contribution in [1.82, 2.24) is 28.5 Å². The van der Waals surface area contributed by atoms with Crippen LogP contribution in [0.15, 0.2) is 15.9 Å². The number of fused-ring (bicyclic) bond motifs is 1. The second-order valence-electron chi connectivity index (χ2n) is 7.71. The van der Waals surface area contributed by atoms with Gasteiger partial charge in [0.2, 0.25) is 5.91 Å². The number of hydrogen-bond donors (Lipinski definition) is 0. The number of likely N-dealkylation sites (tertiary alicyclic amines) is 1. The van der Waals surface area contributed by atoms with Crippen LogP contribution in [-0.2, 0) is 30.2 Å². The van der Waals surface area contributed by atoms with E-state index in [1.54, 1.807) is 9.80 Å². The largest absolute Gasteiger partial charge is 0.444 e. The Bertz CT molecular complexity index is 1090. The Balaban J connectivity index is 1.47. The minimum Gasteiger partial charge on any atom is -0.444 e. The number of aryl methyl sites for hydroxylation is 1. The molecule has 2 aliphatic heterocycles. The highest BCUT2D eigenvalue weighted by atomic mass is 16.6. The number of imidazole rings is 1. The molecule has 11 nitrogen and oxygen atoms in total. The zero-order chi connectivity index (χ0) is 20.9. The van der Waals surface area contributed by atoms with Gasteiger partial charge in [-0.05, 0) is 19.8 Å². The van der Waals surface area contributed by atoms with Crippen LogP contribution >= 0.6 is 0 Å². The van der Waals surface area contributed by atoms with Crippen molar-refractivity contribution in [2.75, 3.05) is 19.6 Å². The van der Waals surface area contributed by atoms with Gasteiger partial charge in [-0.1, -0.05) is 0 Å². The fourth-order valence-electron chi connectivity index (χ4n) is 4.12. The molecule has 2 aromatic heterocycles. The topological polar surface area (TPSA) is 112 Å². The number of ether oxygens (including phenoxy) is 1. The van der Waals surface area contributed by atoms with Gasteiger partial charge in [0.05, 0.1) is 12.9 Å². The Morgan fingerprint density at radius 3 is 2.48 bits per heavy atom. The number of carbonyl (C=O) groups excluding carboxylic acids is 2. The predicted molar refractivity (Wildman–Crippen MR) is 102 cm³/mol. The molecule has 0 N–H and O–H groups in total. The van der Waals surface area contributed by atoms with Crippen LogP contribution < -0.4 is 11.2 Å². The maximum Gasteiger partial charge on any atom is 0.410 e. The molecule has 1 atom stereocenters. The van der Waals surface area contributed by atoms with Crippen molar-refractivity contribution in [3.63, 3.8) is 0 Å². The minimum absolute atomic E-state index is 0.0304. The summed E-state index contributed by atoms with van der Waals surface area (Å²) in [4.78, 5) is 56.9. The van der Waals surface area contributed by atoms with Crippen LogP contribution in [0.25, 0.3) is 11.2 Å². The number of amides is 2. The summed E-state index contributed by atoms with van der Waals surface area (Å²) >= 11 is 0. The fraction of sp³-hybridized carbons (Fsp3) is 0.611. The molecular weight excluding hydrogens is 380 g/mol. The van der Waals surface area contributed by atoms with Gasteiger partial charge in [0.25, 0.3) is 5.56 Å². The van der Waals surface area contributed by atoms with Crippen molar-refractivity contribution in [1.29, 1.82) is 0 Å². The Morgan fingerprint density at radius 2 is 1.86 bits per heavy atom. The van der Waals surface area contributed by atoms with E-state index in [1.807, 2.05) is 6.92 Å². The Hall–Kier alpha value is -3.11. The second kappa shape index (κ2) is 7.05. The molecule has 1 unspecified atom stereocenters. The van der Waals surface area contributed by atoms with Gasteiger partial charge in [0.1, 0.15) is 12.6 Å². The van der Waals surface area contributed by atoms with Crippen molar-refractivity contribution in [3.8, 4) is 0 Å². The summed E-state index contributed by atoms with van der Waals surface area (Å²) in [7, 11) is 2.94. The third-order valence-corrected chi connectivity index (χ3v) is 5.77. The molecule has 0 radical (unpaired) electrons. The molecule has 2 aliphatic rings. The molecule has 11 heteroatoms. The first-order chi connectivity index (χ1) is 13.8. The first-order valence-corrected chi connectivity index (χ1v) is 9.63. The van der Waals surface area contributed by atoms with Gasteiger partial charge in [-0.3, -0.25) is 18.7 Å². The lowest BCUT2D eigenvalue weighted by Crippen LogP contribution is -2.48. The zero-order valence-electron chi connectivity index (χ0n) is 16.7. The van der Waals surface area contributed by atoms with Crippen LogP contribution in [0.2, 0.25) is 0 Å². The van der Waals surface area contributed by atoms with Crippen molar-refractivity contribution in [2.24, 2.45) is 14.1 Å². The van der Waals surface area contributed by atoms with E-state index in [-0.39, 0.29) is 41.9 Å². The first-order valence-electron chi connectivity index (χ1n) is 9.63. The molecule has 2 saturated heterocycles. The number of aromatic nitrogens is 4. The van der Waals surface area contributed by atoms with Crippen molar-refractivity contribution in [3.05, 3.63) is 27.2 Å². The molecule has 4 rings (SSSR count). The number of carbonyl (C=O) groups is 2. The molecule has 0 aromatic carbocycles. The first kappa shape index (κ1) is 19.2. The number of cyclic esters (lactones) is 1. The van der Waals surface area contributed by atoms with E-state index < -0.39 is 11.2 Å². The highest BCUT2D eigenvalue weighted by Crippen LogP contribution is 2.22. The average molecular weight is 404 g/mol. The fourth-order valence-corrected chi connectivity index (χ4v) is 4.12. The monoisotopic (exact) mass is 404 g/mol. The highest BCUT2D eigenvalue weighted by molar-refractivity contribution is 5.79. The minimum atomic E-state index is -0.478. The second-order valence-corrected chi connectivity index (χ2v) is 7.71. The number of hydrogen-bond acceptors (Lipinski definition) is 6. The van der Waals surface area contributed by atoms with Gasteiger partial charge >= 0.3 is 11.8 Å². The van der Waals surface area contributed by atoms with Crippen LogP contribution in [-0.4, -0.2) is 72.3 Å². The standard InChI is InChI=1S/C18H24N6O5/c1-11-8-24(18(28)29-11)12-4-6-22(7-5-12)13(25)9-23-10-19-15-14(23)16(26)21(3)17(27)20(15)2/h10-12H,4-9H2,1-3H3.